The number of ether oxygens (including phenoxy) is 1. The Bertz CT molecular complexity index is 611. The van der Waals surface area contributed by atoms with E-state index in [2.05, 4.69) is 44.3 Å². The molecule has 2 aromatic rings. The Morgan fingerprint density at radius 1 is 1.08 bits per heavy atom. The van der Waals surface area contributed by atoms with Crippen LogP contribution in [0, 0.1) is 0 Å². The molecule has 1 aromatic carbocycles. The van der Waals surface area contributed by atoms with Gasteiger partial charge in [-0.2, -0.15) is 0 Å². The van der Waals surface area contributed by atoms with E-state index in [0.717, 1.165) is 38.5 Å². The monoisotopic (exact) mass is 327 g/mol. The summed E-state index contributed by atoms with van der Waals surface area (Å²) < 4.78 is 5.27. The number of hydrogen-bond donors (Lipinski definition) is 1. The van der Waals surface area contributed by atoms with Crippen molar-refractivity contribution in [1.82, 2.24) is 19.8 Å². The van der Waals surface area contributed by atoms with Gasteiger partial charge in [0, 0.05) is 45.1 Å². The number of nitrogens with one attached hydrogen (secondary N) is 1. The summed E-state index contributed by atoms with van der Waals surface area (Å²) in [5.41, 5.74) is 1.21. The molecule has 3 rings (SSSR count). The second-order valence-corrected chi connectivity index (χ2v) is 6.15. The average molecular weight is 327 g/mol. The second kappa shape index (κ2) is 8.08. The predicted octanol–water partition coefficient (Wildman–Crippen LogP) is 1.89. The molecule has 1 aromatic heterocycles. The molecule has 0 saturated carbocycles. The van der Waals surface area contributed by atoms with Gasteiger partial charge in [0.25, 0.3) is 0 Å². The number of aromatic nitrogens is 2. The minimum Gasteiger partial charge on any atom is -0.497 e. The van der Waals surface area contributed by atoms with Gasteiger partial charge in [-0.1, -0.05) is 12.1 Å². The lowest BCUT2D eigenvalue weighted by atomic mass is 10.1. The van der Waals surface area contributed by atoms with Crippen LogP contribution in [-0.4, -0.2) is 66.6 Å². The van der Waals surface area contributed by atoms with Crippen molar-refractivity contribution in [1.29, 1.82) is 0 Å². The van der Waals surface area contributed by atoms with E-state index in [9.17, 15) is 0 Å². The van der Waals surface area contributed by atoms with E-state index in [1.165, 1.54) is 5.56 Å². The van der Waals surface area contributed by atoms with Crippen LogP contribution in [0.15, 0.2) is 42.7 Å². The van der Waals surface area contributed by atoms with Crippen molar-refractivity contribution in [2.75, 3.05) is 52.2 Å². The highest BCUT2D eigenvalue weighted by Crippen LogP contribution is 2.22. The fourth-order valence-corrected chi connectivity index (χ4v) is 2.89. The molecule has 0 aliphatic carbocycles. The fraction of sp³-hybridized carbons (Fsp3) is 0.444. The summed E-state index contributed by atoms with van der Waals surface area (Å²) in [5, 5.41) is 3.47. The molecule has 6 nitrogen and oxygen atoms in total. The van der Waals surface area contributed by atoms with Crippen LogP contribution < -0.4 is 10.1 Å². The van der Waals surface area contributed by atoms with Gasteiger partial charge in [-0.15, -0.1) is 0 Å². The minimum absolute atomic E-state index is 0.140. The summed E-state index contributed by atoms with van der Waals surface area (Å²) in [5.74, 6) is 1.53. The van der Waals surface area contributed by atoms with Gasteiger partial charge in [0.2, 0.25) is 5.95 Å². The molecule has 1 fully saturated rings. The normalized spacial score (nSPS) is 17.4. The number of likely N-dealkylation sites (N-methyl/N-ethyl adjacent to an activating group) is 1. The van der Waals surface area contributed by atoms with E-state index < -0.39 is 0 Å². The van der Waals surface area contributed by atoms with Gasteiger partial charge in [-0.05, 0) is 30.8 Å². The van der Waals surface area contributed by atoms with E-state index in [0.29, 0.717) is 5.95 Å². The zero-order valence-electron chi connectivity index (χ0n) is 14.4. The number of piperazine rings is 1. The Kier molecular flexibility index (Phi) is 5.61. The maximum atomic E-state index is 5.27. The molecule has 6 heteroatoms. The summed E-state index contributed by atoms with van der Waals surface area (Å²) in [7, 11) is 3.86. The molecule has 0 amide bonds. The van der Waals surface area contributed by atoms with E-state index in [-0.39, 0.29) is 6.04 Å². The van der Waals surface area contributed by atoms with Crippen molar-refractivity contribution in [2.24, 2.45) is 0 Å². The van der Waals surface area contributed by atoms with Gasteiger partial charge in [0.15, 0.2) is 0 Å². The van der Waals surface area contributed by atoms with Crippen molar-refractivity contribution in [3.8, 4) is 5.75 Å². The van der Waals surface area contributed by atoms with Crippen LogP contribution >= 0.6 is 0 Å². The highest BCUT2D eigenvalue weighted by molar-refractivity contribution is 5.35. The number of benzene rings is 1. The molecule has 0 unspecified atom stereocenters. The Balaban J connectivity index is 1.74. The second-order valence-electron chi connectivity index (χ2n) is 6.15. The molecular weight excluding hydrogens is 302 g/mol. The molecule has 1 N–H and O–H groups in total. The van der Waals surface area contributed by atoms with Crippen molar-refractivity contribution >= 4 is 5.95 Å². The largest absolute Gasteiger partial charge is 0.497 e. The molecule has 24 heavy (non-hydrogen) atoms. The SMILES string of the molecule is COc1ccc([C@@H](CN2CCN(C)CC2)Nc2ncccn2)cc1. The first-order valence-corrected chi connectivity index (χ1v) is 8.33. The number of hydrogen-bond acceptors (Lipinski definition) is 6. The van der Waals surface area contributed by atoms with Crippen LogP contribution in [0.4, 0.5) is 5.95 Å². The fourth-order valence-electron chi connectivity index (χ4n) is 2.89. The lowest BCUT2D eigenvalue weighted by molar-refractivity contribution is 0.149. The Hall–Kier alpha value is -2.18. The zero-order chi connectivity index (χ0) is 16.8. The standard InChI is InChI=1S/C18H25N5O/c1-22-10-12-23(13-11-22)14-17(21-18-19-8-3-9-20-18)15-4-6-16(24-2)7-5-15/h3-9,17H,10-14H2,1-2H3,(H,19,20,21)/t17-/m1/s1. The quantitative estimate of drug-likeness (QED) is 0.874. The number of nitrogens with zero attached hydrogens (tertiary/aromatic N) is 4. The van der Waals surface area contributed by atoms with Crippen molar-refractivity contribution in [3.05, 3.63) is 48.3 Å². The first-order chi connectivity index (χ1) is 11.7. The van der Waals surface area contributed by atoms with Crippen molar-refractivity contribution in [3.63, 3.8) is 0 Å². The van der Waals surface area contributed by atoms with Gasteiger partial charge in [0.1, 0.15) is 5.75 Å². The van der Waals surface area contributed by atoms with E-state index in [1.54, 1.807) is 19.5 Å². The maximum Gasteiger partial charge on any atom is 0.223 e. The third-order valence-corrected chi connectivity index (χ3v) is 4.42. The highest BCUT2D eigenvalue weighted by Gasteiger charge is 2.20. The topological polar surface area (TPSA) is 53.5 Å². The van der Waals surface area contributed by atoms with Gasteiger partial charge < -0.3 is 15.0 Å². The third kappa shape index (κ3) is 4.43. The van der Waals surface area contributed by atoms with Crippen molar-refractivity contribution < 1.29 is 4.74 Å². The summed E-state index contributed by atoms with van der Waals surface area (Å²) in [6.45, 7) is 5.31. The lowest BCUT2D eigenvalue weighted by Crippen LogP contribution is -2.46. The summed E-state index contributed by atoms with van der Waals surface area (Å²) in [6, 6.07) is 10.2. The van der Waals surface area contributed by atoms with Crippen LogP contribution in [-0.2, 0) is 0 Å². The molecule has 0 bridgehead atoms. The molecular formula is C18H25N5O. The molecule has 0 spiro atoms. The molecule has 0 radical (unpaired) electrons. The van der Waals surface area contributed by atoms with Crippen LogP contribution in [0.25, 0.3) is 0 Å². The first-order valence-electron chi connectivity index (χ1n) is 8.33. The molecule has 1 aliphatic heterocycles. The van der Waals surface area contributed by atoms with Crippen LogP contribution in [0.2, 0.25) is 0 Å². The van der Waals surface area contributed by atoms with Gasteiger partial charge in [0.05, 0.1) is 13.2 Å². The zero-order valence-corrected chi connectivity index (χ0v) is 14.4. The smallest absolute Gasteiger partial charge is 0.223 e. The van der Waals surface area contributed by atoms with Gasteiger partial charge in [-0.25, -0.2) is 9.97 Å². The Morgan fingerprint density at radius 2 is 1.75 bits per heavy atom. The summed E-state index contributed by atoms with van der Waals surface area (Å²) in [4.78, 5) is 13.5. The van der Waals surface area contributed by atoms with Crippen LogP contribution in [0.3, 0.4) is 0 Å². The minimum atomic E-state index is 0.140. The van der Waals surface area contributed by atoms with Crippen LogP contribution in [0.1, 0.15) is 11.6 Å². The predicted molar refractivity (Wildman–Crippen MR) is 95.3 cm³/mol. The van der Waals surface area contributed by atoms with Gasteiger partial charge >= 0.3 is 0 Å². The Morgan fingerprint density at radius 3 is 2.38 bits per heavy atom. The molecule has 1 atom stereocenters. The Labute approximate surface area is 143 Å². The molecule has 2 heterocycles. The number of methoxy groups -OCH3 is 1. The lowest BCUT2D eigenvalue weighted by Gasteiger charge is -2.35. The summed E-state index contributed by atoms with van der Waals surface area (Å²) in [6.07, 6.45) is 3.52. The van der Waals surface area contributed by atoms with E-state index >= 15 is 0 Å². The van der Waals surface area contributed by atoms with Crippen LogP contribution in [0.5, 0.6) is 5.75 Å². The van der Waals surface area contributed by atoms with Gasteiger partial charge in [-0.3, -0.25) is 4.90 Å². The number of rotatable bonds is 6. The summed E-state index contributed by atoms with van der Waals surface area (Å²) >= 11 is 0. The molecule has 1 saturated heterocycles. The molecule has 1 aliphatic rings. The van der Waals surface area contributed by atoms with E-state index in [4.69, 9.17) is 4.74 Å². The average Bonchev–Trinajstić information content (AvgIpc) is 2.64. The van der Waals surface area contributed by atoms with Crippen molar-refractivity contribution in [2.45, 2.75) is 6.04 Å². The first kappa shape index (κ1) is 16.7. The number of anilines is 1. The third-order valence-electron chi connectivity index (χ3n) is 4.42. The maximum absolute atomic E-state index is 5.27. The highest BCUT2D eigenvalue weighted by atomic mass is 16.5. The van der Waals surface area contributed by atoms with E-state index in [1.807, 2.05) is 18.2 Å². The molecule has 128 valence electrons.